The van der Waals surface area contributed by atoms with Gasteiger partial charge in [-0.15, -0.1) is 12.4 Å². The molecule has 2 heterocycles. The van der Waals surface area contributed by atoms with Gasteiger partial charge in [-0.05, 0) is 37.4 Å². The quantitative estimate of drug-likeness (QED) is 0.873. The van der Waals surface area contributed by atoms with Crippen LogP contribution in [0.1, 0.15) is 25.8 Å². The second-order valence-corrected chi connectivity index (χ2v) is 8.97. The molecule has 0 aromatic heterocycles. The first-order chi connectivity index (χ1) is 10.2. The number of fused-ring (bicyclic) bond motifs is 1. The molecule has 0 radical (unpaired) electrons. The van der Waals surface area contributed by atoms with Crippen molar-refractivity contribution in [3.05, 3.63) is 22.7 Å². The number of nitrogens with two attached hydrogens (primary N) is 1. The molecule has 23 heavy (non-hydrogen) atoms. The number of ether oxygens (including phenoxy) is 1. The molecule has 0 aliphatic carbocycles. The van der Waals surface area contributed by atoms with Crippen molar-refractivity contribution in [3.63, 3.8) is 0 Å². The normalized spacial score (nSPS) is 27.4. The Kier molecular flexibility index (Phi) is 5.24. The molecule has 2 atom stereocenters. The van der Waals surface area contributed by atoms with Crippen molar-refractivity contribution in [2.24, 2.45) is 11.1 Å². The molecule has 0 saturated carbocycles. The summed E-state index contributed by atoms with van der Waals surface area (Å²) in [5.41, 5.74) is 6.48. The first kappa shape index (κ1) is 18.8. The van der Waals surface area contributed by atoms with Crippen LogP contribution in [0.3, 0.4) is 0 Å². The first-order valence-corrected chi connectivity index (χ1v) is 9.26. The van der Waals surface area contributed by atoms with E-state index in [1.165, 1.54) is 10.4 Å². The van der Waals surface area contributed by atoms with Crippen LogP contribution in [0.5, 0.6) is 5.75 Å². The molecule has 2 aliphatic heterocycles. The number of hydrogen-bond acceptors (Lipinski definition) is 4. The monoisotopic (exact) mass is 380 g/mol. The lowest BCUT2D eigenvalue weighted by molar-refractivity contribution is 0.255. The van der Waals surface area contributed by atoms with Crippen molar-refractivity contribution in [2.45, 2.75) is 37.7 Å². The molecule has 1 aromatic carbocycles. The summed E-state index contributed by atoms with van der Waals surface area (Å²) in [6.07, 6.45) is 1.48. The Morgan fingerprint density at radius 2 is 2.17 bits per heavy atom. The predicted molar refractivity (Wildman–Crippen MR) is 93.0 cm³/mol. The van der Waals surface area contributed by atoms with E-state index in [9.17, 15) is 8.42 Å². The summed E-state index contributed by atoms with van der Waals surface area (Å²) in [5.74, 6) is 0.612. The van der Waals surface area contributed by atoms with Gasteiger partial charge < -0.3 is 10.5 Å². The van der Waals surface area contributed by atoms with Crippen LogP contribution in [0.25, 0.3) is 0 Å². The van der Waals surface area contributed by atoms with Gasteiger partial charge in [-0.3, -0.25) is 0 Å². The molecular formula is C15H22Cl2N2O3S. The Morgan fingerprint density at radius 1 is 1.48 bits per heavy atom. The van der Waals surface area contributed by atoms with Crippen molar-refractivity contribution >= 4 is 34.0 Å². The van der Waals surface area contributed by atoms with Crippen LogP contribution in [0.4, 0.5) is 0 Å². The summed E-state index contributed by atoms with van der Waals surface area (Å²) in [7, 11) is -3.54. The Labute approximate surface area is 148 Å². The number of sulfonamides is 1. The Bertz CT molecular complexity index is 711. The lowest BCUT2D eigenvalue weighted by atomic mass is 9.90. The zero-order valence-electron chi connectivity index (χ0n) is 13.2. The minimum atomic E-state index is -3.54. The van der Waals surface area contributed by atoms with Crippen LogP contribution in [-0.2, 0) is 16.4 Å². The minimum Gasteiger partial charge on any atom is -0.489 e. The zero-order valence-corrected chi connectivity index (χ0v) is 15.6. The summed E-state index contributed by atoms with van der Waals surface area (Å²) in [6.45, 7) is 5.39. The third-order valence-electron chi connectivity index (χ3n) is 4.57. The molecule has 0 bridgehead atoms. The van der Waals surface area contributed by atoms with Gasteiger partial charge in [-0.2, -0.15) is 4.31 Å². The molecule has 0 spiro atoms. The van der Waals surface area contributed by atoms with Crippen LogP contribution >= 0.6 is 24.0 Å². The fourth-order valence-electron chi connectivity index (χ4n) is 3.11. The Hall–Kier alpha value is -0.530. The van der Waals surface area contributed by atoms with E-state index in [1.807, 2.05) is 13.8 Å². The average molecular weight is 381 g/mol. The summed E-state index contributed by atoms with van der Waals surface area (Å²) in [5, 5.41) is 0.362. The van der Waals surface area contributed by atoms with Crippen molar-refractivity contribution < 1.29 is 13.2 Å². The van der Waals surface area contributed by atoms with Gasteiger partial charge in [0.1, 0.15) is 11.9 Å². The highest BCUT2D eigenvalue weighted by Gasteiger charge is 2.39. The highest BCUT2D eigenvalue weighted by Crippen LogP contribution is 2.40. The van der Waals surface area contributed by atoms with Crippen LogP contribution in [0.2, 0.25) is 5.02 Å². The van der Waals surface area contributed by atoms with Gasteiger partial charge in [0.15, 0.2) is 0 Å². The molecule has 5 nitrogen and oxygen atoms in total. The second-order valence-electron chi connectivity index (χ2n) is 6.63. The molecule has 8 heteroatoms. The molecular weight excluding hydrogens is 359 g/mol. The number of nitrogens with zero attached hydrogens (tertiary/aromatic N) is 1. The molecule has 2 unspecified atom stereocenters. The third kappa shape index (κ3) is 3.33. The van der Waals surface area contributed by atoms with Crippen LogP contribution in [0, 0.1) is 5.41 Å². The minimum absolute atomic E-state index is 0. The lowest BCUT2D eigenvalue weighted by Crippen LogP contribution is -2.34. The Morgan fingerprint density at radius 3 is 2.78 bits per heavy atom. The fourth-order valence-corrected chi connectivity index (χ4v) is 5.12. The molecule has 1 fully saturated rings. The van der Waals surface area contributed by atoms with Gasteiger partial charge in [0, 0.05) is 25.1 Å². The first-order valence-electron chi connectivity index (χ1n) is 7.44. The number of halogens is 2. The Balaban J connectivity index is 0.00000192. The maximum atomic E-state index is 12.9. The van der Waals surface area contributed by atoms with Crippen LogP contribution in [-0.4, -0.2) is 38.5 Å². The van der Waals surface area contributed by atoms with E-state index in [2.05, 4.69) is 0 Å². The van der Waals surface area contributed by atoms with Crippen LogP contribution in [0.15, 0.2) is 17.0 Å². The van der Waals surface area contributed by atoms with Gasteiger partial charge in [-0.1, -0.05) is 18.5 Å². The summed E-state index contributed by atoms with van der Waals surface area (Å²) < 4.78 is 32.9. The average Bonchev–Trinajstić information content (AvgIpc) is 3.03. The van der Waals surface area contributed by atoms with Crippen molar-refractivity contribution in [1.29, 1.82) is 0 Å². The topological polar surface area (TPSA) is 72.6 Å². The largest absolute Gasteiger partial charge is 0.489 e. The zero-order chi connectivity index (χ0) is 16.1. The summed E-state index contributed by atoms with van der Waals surface area (Å²) in [6, 6.07) is 3.18. The maximum absolute atomic E-state index is 12.9. The third-order valence-corrected chi connectivity index (χ3v) is 6.68. The molecule has 0 amide bonds. The molecule has 2 N–H and O–H groups in total. The van der Waals surface area contributed by atoms with Gasteiger partial charge in [0.25, 0.3) is 0 Å². The molecule has 1 saturated heterocycles. The van der Waals surface area contributed by atoms with E-state index in [0.29, 0.717) is 36.8 Å². The van der Waals surface area contributed by atoms with Gasteiger partial charge >= 0.3 is 0 Å². The highest BCUT2D eigenvalue weighted by atomic mass is 35.5. The van der Waals surface area contributed by atoms with E-state index in [-0.39, 0.29) is 28.8 Å². The standard InChI is InChI=1S/C15H21ClN2O3S.ClH/c1-10-5-11-6-12(7-13(16)14(11)21-10)22(19,20)18-4-3-15(2,8-17)9-18;/h6-7,10H,3-5,8-9,17H2,1-2H3;1H. The molecule has 130 valence electrons. The summed E-state index contributed by atoms with van der Waals surface area (Å²) >= 11 is 6.21. The predicted octanol–water partition coefficient (Wildman–Crippen LogP) is 2.44. The van der Waals surface area contributed by atoms with E-state index in [0.717, 1.165) is 12.0 Å². The van der Waals surface area contributed by atoms with E-state index >= 15 is 0 Å². The van der Waals surface area contributed by atoms with Crippen LogP contribution < -0.4 is 10.5 Å². The number of benzene rings is 1. The molecule has 3 rings (SSSR count). The van der Waals surface area contributed by atoms with Gasteiger partial charge in [0.2, 0.25) is 10.0 Å². The van der Waals surface area contributed by atoms with Gasteiger partial charge in [-0.25, -0.2) is 8.42 Å². The SMILES string of the molecule is CC1Cc2cc(S(=O)(=O)N3CCC(C)(CN)C3)cc(Cl)c2O1.Cl. The highest BCUT2D eigenvalue weighted by molar-refractivity contribution is 7.89. The number of hydrogen-bond donors (Lipinski definition) is 1. The number of rotatable bonds is 3. The summed E-state index contributed by atoms with van der Waals surface area (Å²) in [4.78, 5) is 0.246. The smallest absolute Gasteiger partial charge is 0.243 e. The van der Waals surface area contributed by atoms with E-state index in [4.69, 9.17) is 22.1 Å². The lowest BCUT2D eigenvalue weighted by Gasteiger charge is -2.22. The molecule has 1 aromatic rings. The van der Waals surface area contributed by atoms with Crippen molar-refractivity contribution in [2.75, 3.05) is 19.6 Å². The van der Waals surface area contributed by atoms with Crippen molar-refractivity contribution in [3.8, 4) is 5.75 Å². The van der Waals surface area contributed by atoms with Gasteiger partial charge in [0.05, 0.1) is 9.92 Å². The van der Waals surface area contributed by atoms with Crippen molar-refractivity contribution in [1.82, 2.24) is 4.31 Å². The molecule has 2 aliphatic rings. The van der Waals surface area contributed by atoms with E-state index < -0.39 is 10.0 Å². The van der Waals surface area contributed by atoms with E-state index in [1.54, 1.807) is 6.07 Å². The second kappa shape index (κ2) is 6.41. The fraction of sp³-hybridized carbons (Fsp3) is 0.600. The maximum Gasteiger partial charge on any atom is 0.243 e.